The molecular formula is C14H17N3O5S. The quantitative estimate of drug-likeness (QED) is 0.610. The van der Waals surface area contributed by atoms with Crippen LogP contribution in [0.3, 0.4) is 0 Å². The van der Waals surface area contributed by atoms with Gasteiger partial charge < -0.3 is 14.9 Å². The number of thioether (sulfide) groups is 1. The fourth-order valence-corrected chi connectivity index (χ4v) is 2.95. The number of carboxylic acids is 1. The monoisotopic (exact) mass is 339 g/mol. The number of aliphatic carboxylic acids is 1. The summed E-state index contributed by atoms with van der Waals surface area (Å²) in [6, 6.07) is 6.35. The van der Waals surface area contributed by atoms with E-state index in [-0.39, 0.29) is 23.1 Å². The van der Waals surface area contributed by atoms with E-state index in [1.807, 2.05) is 0 Å². The summed E-state index contributed by atoms with van der Waals surface area (Å²) in [5.41, 5.74) is 0.945. The number of hydrogen-bond acceptors (Lipinski definition) is 6. The number of carbonyl (C=O) groups excluding carboxylic acids is 1. The van der Waals surface area contributed by atoms with Gasteiger partial charge in [-0.1, -0.05) is 0 Å². The molecule has 1 aromatic carbocycles. The molecule has 2 rings (SSSR count). The first-order chi connectivity index (χ1) is 11.0. The number of carboxylic acid groups (broad SMARTS) is 1. The van der Waals surface area contributed by atoms with E-state index in [0.717, 1.165) is 17.4 Å². The van der Waals surface area contributed by atoms with Crippen LogP contribution in [0, 0.1) is 10.1 Å². The molecule has 0 atom stereocenters. The van der Waals surface area contributed by atoms with Gasteiger partial charge in [0, 0.05) is 44.0 Å². The second kappa shape index (κ2) is 7.82. The Hall–Kier alpha value is -2.29. The van der Waals surface area contributed by atoms with E-state index in [4.69, 9.17) is 5.11 Å². The molecule has 1 saturated heterocycles. The van der Waals surface area contributed by atoms with E-state index in [1.54, 1.807) is 17.0 Å². The van der Waals surface area contributed by atoms with E-state index in [1.165, 1.54) is 12.1 Å². The van der Waals surface area contributed by atoms with Crippen LogP contribution < -0.4 is 4.90 Å². The lowest BCUT2D eigenvalue weighted by molar-refractivity contribution is -0.384. The number of anilines is 1. The van der Waals surface area contributed by atoms with E-state index in [9.17, 15) is 19.7 Å². The van der Waals surface area contributed by atoms with Crippen LogP contribution in [0.1, 0.15) is 0 Å². The molecule has 0 saturated carbocycles. The standard InChI is InChI=1S/C14H17N3O5S/c18-13(9-23-10-14(19)20)16-7-5-15(6-8-16)11-1-3-12(4-2-11)17(21)22/h1-4H,5-10H2,(H,19,20). The highest BCUT2D eigenvalue weighted by molar-refractivity contribution is 8.00. The summed E-state index contributed by atoms with van der Waals surface area (Å²) < 4.78 is 0. The predicted molar refractivity (Wildman–Crippen MR) is 86.9 cm³/mol. The number of nitro groups is 1. The van der Waals surface area contributed by atoms with Crippen LogP contribution >= 0.6 is 11.8 Å². The summed E-state index contributed by atoms with van der Waals surface area (Å²) in [5, 5.41) is 19.2. The van der Waals surface area contributed by atoms with Crippen LogP contribution in [0.15, 0.2) is 24.3 Å². The van der Waals surface area contributed by atoms with Gasteiger partial charge in [-0.05, 0) is 12.1 Å². The van der Waals surface area contributed by atoms with E-state index in [2.05, 4.69) is 4.90 Å². The summed E-state index contributed by atoms with van der Waals surface area (Å²) in [5.74, 6) is -0.886. The van der Waals surface area contributed by atoms with Crippen molar-refractivity contribution in [2.24, 2.45) is 0 Å². The van der Waals surface area contributed by atoms with Gasteiger partial charge in [0.25, 0.3) is 5.69 Å². The Morgan fingerprint density at radius 3 is 2.26 bits per heavy atom. The summed E-state index contributed by atoms with van der Waals surface area (Å²) in [4.78, 5) is 36.4. The first-order valence-electron chi connectivity index (χ1n) is 7.04. The third-order valence-electron chi connectivity index (χ3n) is 3.51. The normalized spacial score (nSPS) is 14.6. The first kappa shape index (κ1) is 17.1. The molecule has 1 amide bonds. The minimum absolute atomic E-state index is 0.0537. The molecule has 23 heavy (non-hydrogen) atoms. The fourth-order valence-electron chi connectivity index (χ4n) is 2.32. The molecule has 1 aliphatic rings. The highest BCUT2D eigenvalue weighted by atomic mass is 32.2. The Balaban J connectivity index is 1.82. The predicted octanol–water partition coefficient (Wildman–Crippen LogP) is 1.06. The molecule has 8 nitrogen and oxygen atoms in total. The molecule has 1 aliphatic heterocycles. The number of nitrogens with zero attached hydrogens (tertiary/aromatic N) is 3. The molecule has 0 unspecified atom stereocenters. The lowest BCUT2D eigenvalue weighted by Crippen LogP contribution is -2.49. The zero-order chi connectivity index (χ0) is 16.8. The van der Waals surface area contributed by atoms with Gasteiger partial charge in [-0.15, -0.1) is 11.8 Å². The van der Waals surface area contributed by atoms with E-state index >= 15 is 0 Å². The van der Waals surface area contributed by atoms with Crippen molar-refractivity contribution in [2.45, 2.75) is 0 Å². The molecule has 124 valence electrons. The zero-order valence-electron chi connectivity index (χ0n) is 12.4. The molecule has 0 bridgehead atoms. The van der Waals surface area contributed by atoms with Crippen molar-refractivity contribution in [1.29, 1.82) is 0 Å². The van der Waals surface area contributed by atoms with Gasteiger partial charge in [-0.3, -0.25) is 19.7 Å². The number of rotatable bonds is 6. The zero-order valence-corrected chi connectivity index (χ0v) is 13.2. The molecular weight excluding hydrogens is 322 g/mol. The number of benzene rings is 1. The molecule has 0 aliphatic carbocycles. The molecule has 0 radical (unpaired) electrons. The number of amides is 1. The van der Waals surface area contributed by atoms with Crippen LogP contribution in [0.25, 0.3) is 0 Å². The topological polar surface area (TPSA) is 104 Å². The Labute approximate surface area is 137 Å². The van der Waals surface area contributed by atoms with Crippen molar-refractivity contribution in [3.8, 4) is 0 Å². The average Bonchev–Trinajstić information content (AvgIpc) is 2.54. The van der Waals surface area contributed by atoms with Gasteiger partial charge in [0.2, 0.25) is 5.91 Å². The van der Waals surface area contributed by atoms with Crippen molar-refractivity contribution in [2.75, 3.05) is 42.6 Å². The highest BCUT2D eigenvalue weighted by Gasteiger charge is 2.21. The SMILES string of the molecule is O=C(O)CSCC(=O)N1CCN(c2ccc([N+](=O)[O-])cc2)CC1. The molecule has 0 spiro atoms. The lowest BCUT2D eigenvalue weighted by atomic mass is 10.2. The van der Waals surface area contributed by atoms with Gasteiger partial charge in [0.15, 0.2) is 0 Å². The maximum atomic E-state index is 12.0. The smallest absolute Gasteiger partial charge is 0.313 e. The van der Waals surface area contributed by atoms with E-state index in [0.29, 0.717) is 26.2 Å². The molecule has 0 aromatic heterocycles. The number of piperazine rings is 1. The minimum atomic E-state index is -0.925. The van der Waals surface area contributed by atoms with Crippen molar-refractivity contribution in [3.05, 3.63) is 34.4 Å². The van der Waals surface area contributed by atoms with Gasteiger partial charge in [0.1, 0.15) is 0 Å². The van der Waals surface area contributed by atoms with Gasteiger partial charge in [0.05, 0.1) is 16.4 Å². The van der Waals surface area contributed by atoms with Crippen molar-refractivity contribution >= 4 is 35.0 Å². The van der Waals surface area contributed by atoms with Crippen molar-refractivity contribution < 1.29 is 19.6 Å². The number of hydrogen-bond donors (Lipinski definition) is 1. The molecule has 9 heteroatoms. The minimum Gasteiger partial charge on any atom is -0.481 e. The molecule has 1 heterocycles. The Morgan fingerprint density at radius 1 is 1.13 bits per heavy atom. The summed E-state index contributed by atoms with van der Waals surface area (Å²) in [7, 11) is 0. The Morgan fingerprint density at radius 2 is 1.74 bits per heavy atom. The lowest BCUT2D eigenvalue weighted by Gasteiger charge is -2.36. The van der Waals surface area contributed by atoms with Gasteiger partial charge in [-0.25, -0.2) is 0 Å². The molecule has 1 N–H and O–H groups in total. The van der Waals surface area contributed by atoms with Crippen LogP contribution in [-0.4, -0.2) is 64.5 Å². The summed E-state index contributed by atoms with van der Waals surface area (Å²) in [6.45, 7) is 2.41. The van der Waals surface area contributed by atoms with Crippen LogP contribution in [0.5, 0.6) is 0 Å². The van der Waals surface area contributed by atoms with Crippen LogP contribution in [-0.2, 0) is 9.59 Å². The second-order valence-electron chi connectivity index (χ2n) is 5.03. The largest absolute Gasteiger partial charge is 0.481 e. The van der Waals surface area contributed by atoms with Gasteiger partial charge >= 0.3 is 5.97 Å². The number of carbonyl (C=O) groups is 2. The van der Waals surface area contributed by atoms with Crippen LogP contribution in [0.4, 0.5) is 11.4 Å². The third-order valence-corrected chi connectivity index (χ3v) is 4.41. The molecule has 1 aromatic rings. The number of nitro benzene ring substituents is 1. The second-order valence-corrected chi connectivity index (χ2v) is 6.01. The fraction of sp³-hybridized carbons (Fsp3) is 0.429. The summed E-state index contributed by atoms with van der Waals surface area (Å²) >= 11 is 1.10. The first-order valence-corrected chi connectivity index (χ1v) is 8.19. The number of non-ortho nitro benzene ring substituents is 1. The van der Waals surface area contributed by atoms with E-state index < -0.39 is 10.9 Å². The Kier molecular flexibility index (Phi) is 5.80. The summed E-state index contributed by atoms with van der Waals surface area (Å²) in [6.07, 6.45) is 0. The Bertz CT molecular complexity index is 585. The maximum absolute atomic E-state index is 12.0. The van der Waals surface area contributed by atoms with Crippen molar-refractivity contribution in [1.82, 2.24) is 4.90 Å². The average molecular weight is 339 g/mol. The maximum Gasteiger partial charge on any atom is 0.313 e. The van der Waals surface area contributed by atoms with Gasteiger partial charge in [-0.2, -0.15) is 0 Å². The third kappa shape index (κ3) is 4.85. The highest BCUT2D eigenvalue weighted by Crippen LogP contribution is 2.20. The van der Waals surface area contributed by atoms with Crippen molar-refractivity contribution in [3.63, 3.8) is 0 Å². The van der Waals surface area contributed by atoms with Crippen LogP contribution in [0.2, 0.25) is 0 Å². The molecule has 1 fully saturated rings.